The molecule has 0 radical (unpaired) electrons. The quantitative estimate of drug-likeness (QED) is 0.601. The van der Waals surface area contributed by atoms with Gasteiger partial charge in [0.15, 0.2) is 9.84 Å². The summed E-state index contributed by atoms with van der Waals surface area (Å²) in [6.07, 6.45) is 1.49. The fourth-order valence-electron chi connectivity index (χ4n) is 3.11. The van der Waals surface area contributed by atoms with Gasteiger partial charge in [0, 0.05) is 12.0 Å². The monoisotopic (exact) mass is 383 g/mol. The van der Waals surface area contributed by atoms with Crippen LogP contribution in [-0.2, 0) is 26.0 Å². The maximum absolute atomic E-state index is 13.1. The Morgan fingerprint density at radius 2 is 1.67 bits per heavy atom. The summed E-state index contributed by atoms with van der Waals surface area (Å²) in [5.41, 5.74) is 2.04. The fraction of sp³-hybridized carbons (Fsp3) is 0.238. The van der Waals surface area contributed by atoms with Gasteiger partial charge in [0.25, 0.3) is 5.91 Å². The summed E-state index contributed by atoms with van der Waals surface area (Å²) in [5, 5.41) is -1.30. The molecule has 1 unspecified atom stereocenters. The summed E-state index contributed by atoms with van der Waals surface area (Å²) in [6, 6.07) is 15.5. The molecule has 140 valence electrons. The van der Waals surface area contributed by atoms with E-state index in [0.717, 1.165) is 16.0 Å². The van der Waals surface area contributed by atoms with Crippen LogP contribution in [-0.4, -0.2) is 30.4 Å². The number of hydrogen-bond acceptors (Lipinski definition) is 4. The van der Waals surface area contributed by atoms with Crippen molar-refractivity contribution in [2.45, 2.75) is 37.0 Å². The number of rotatable bonds is 4. The highest BCUT2D eigenvalue weighted by Crippen LogP contribution is 2.29. The molecular formula is C21H21NO4S. The van der Waals surface area contributed by atoms with Gasteiger partial charge in [0.1, 0.15) is 5.25 Å². The molecule has 1 heterocycles. The van der Waals surface area contributed by atoms with Crippen LogP contribution in [0, 0.1) is 6.92 Å². The largest absolute Gasteiger partial charge is 0.273 e. The Balaban J connectivity index is 1.99. The molecule has 1 atom stereocenters. The Hall–Kier alpha value is -2.73. The van der Waals surface area contributed by atoms with E-state index in [4.69, 9.17) is 0 Å². The minimum absolute atomic E-state index is 0.0514. The molecule has 1 saturated heterocycles. The predicted octanol–water partition coefficient (Wildman–Crippen LogP) is 3.04. The summed E-state index contributed by atoms with van der Waals surface area (Å²) in [5.74, 6) is -1.10. The molecule has 1 fully saturated rings. The minimum Gasteiger partial charge on any atom is -0.273 e. The lowest BCUT2D eigenvalue weighted by Gasteiger charge is -2.32. The van der Waals surface area contributed by atoms with Gasteiger partial charge < -0.3 is 0 Å². The summed E-state index contributed by atoms with van der Waals surface area (Å²) >= 11 is 0. The lowest BCUT2D eigenvalue weighted by molar-refractivity contribution is -0.145. The normalized spacial score (nSPS) is 19.6. The number of imide groups is 1. The van der Waals surface area contributed by atoms with Gasteiger partial charge in [-0.2, -0.15) is 0 Å². The lowest BCUT2D eigenvalue weighted by atomic mass is 10.0. The van der Waals surface area contributed by atoms with E-state index in [1.54, 1.807) is 37.3 Å². The number of piperidine rings is 1. The second kappa shape index (κ2) is 7.48. The molecule has 0 aromatic heterocycles. The average molecular weight is 383 g/mol. The first-order valence-corrected chi connectivity index (χ1v) is 10.2. The number of carbonyl (C=O) groups excluding carboxylic acids is 2. The Morgan fingerprint density at radius 1 is 1.04 bits per heavy atom. The molecule has 0 spiro atoms. The number of likely N-dealkylation sites (tertiary alicyclic amines) is 1. The van der Waals surface area contributed by atoms with E-state index in [9.17, 15) is 18.0 Å². The number of aryl methyl sites for hydroxylation is 1. The first kappa shape index (κ1) is 19.0. The van der Waals surface area contributed by atoms with Crippen molar-refractivity contribution in [1.82, 2.24) is 4.90 Å². The number of allylic oxidation sites excluding steroid dienone is 1. The molecule has 2 amide bonds. The van der Waals surface area contributed by atoms with Crippen LogP contribution in [0.4, 0.5) is 0 Å². The molecule has 1 aliphatic rings. The van der Waals surface area contributed by atoms with Gasteiger partial charge in [-0.05, 0) is 31.5 Å². The number of nitrogens with zero attached hydrogens (tertiary/aromatic N) is 1. The second-order valence-corrected chi connectivity index (χ2v) is 8.71. The summed E-state index contributed by atoms with van der Waals surface area (Å²) in [6.45, 7) is 3.59. The van der Waals surface area contributed by atoms with Crippen molar-refractivity contribution >= 4 is 21.7 Å². The fourth-order valence-corrected chi connectivity index (χ4v) is 4.75. The van der Waals surface area contributed by atoms with Crippen molar-refractivity contribution in [1.29, 1.82) is 0 Å². The van der Waals surface area contributed by atoms with E-state index in [0.29, 0.717) is 5.57 Å². The van der Waals surface area contributed by atoms with Crippen molar-refractivity contribution in [2.75, 3.05) is 0 Å². The lowest BCUT2D eigenvalue weighted by Crippen LogP contribution is -2.51. The molecule has 27 heavy (non-hydrogen) atoms. The van der Waals surface area contributed by atoms with Crippen molar-refractivity contribution in [3.8, 4) is 0 Å². The number of amides is 2. The van der Waals surface area contributed by atoms with Gasteiger partial charge in [-0.15, -0.1) is 0 Å². The van der Waals surface area contributed by atoms with Crippen LogP contribution < -0.4 is 0 Å². The van der Waals surface area contributed by atoms with Crippen molar-refractivity contribution < 1.29 is 18.0 Å². The molecule has 1 aliphatic heterocycles. The zero-order valence-electron chi connectivity index (χ0n) is 15.3. The smallest absolute Gasteiger partial charge is 0.256 e. The predicted molar refractivity (Wildman–Crippen MR) is 103 cm³/mol. The van der Waals surface area contributed by atoms with E-state index < -0.39 is 26.9 Å². The van der Waals surface area contributed by atoms with Crippen LogP contribution in [0.3, 0.4) is 0 Å². The van der Waals surface area contributed by atoms with Crippen LogP contribution in [0.15, 0.2) is 71.1 Å². The third kappa shape index (κ3) is 3.71. The molecular weight excluding hydrogens is 362 g/mol. The van der Waals surface area contributed by atoms with Crippen molar-refractivity contribution in [3.05, 3.63) is 77.4 Å². The minimum atomic E-state index is -3.90. The number of sulfone groups is 1. The van der Waals surface area contributed by atoms with Crippen LogP contribution in [0.1, 0.15) is 24.5 Å². The Kier molecular flexibility index (Phi) is 5.28. The van der Waals surface area contributed by atoms with E-state index in [1.165, 1.54) is 12.1 Å². The van der Waals surface area contributed by atoms with Gasteiger partial charge in [-0.1, -0.05) is 54.1 Å². The Morgan fingerprint density at radius 3 is 2.26 bits per heavy atom. The Labute approximate surface area is 159 Å². The van der Waals surface area contributed by atoms with Crippen LogP contribution in [0.5, 0.6) is 0 Å². The highest BCUT2D eigenvalue weighted by Gasteiger charge is 2.44. The maximum Gasteiger partial charge on any atom is 0.256 e. The van der Waals surface area contributed by atoms with Gasteiger partial charge in [0.2, 0.25) is 5.91 Å². The standard InChI is InChI=1S/C21H21NO4S/c1-3-17-13-19(27(25,26)18-11-9-15(2)10-12-18)21(24)22(20(17)23)14-16-7-5-4-6-8-16/h3-12,19H,13-14H2,1-2H3/b17-3+. The molecule has 0 saturated carbocycles. The van der Waals surface area contributed by atoms with E-state index in [2.05, 4.69) is 0 Å². The van der Waals surface area contributed by atoms with Crippen molar-refractivity contribution in [3.63, 3.8) is 0 Å². The third-order valence-corrected chi connectivity index (χ3v) is 6.77. The zero-order chi connectivity index (χ0) is 19.6. The summed E-state index contributed by atoms with van der Waals surface area (Å²) in [7, 11) is -3.90. The molecule has 6 heteroatoms. The van der Waals surface area contributed by atoms with E-state index >= 15 is 0 Å². The zero-order valence-corrected chi connectivity index (χ0v) is 16.1. The van der Waals surface area contributed by atoms with E-state index in [-0.39, 0.29) is 17.9 Å². The summed E-state index contributed by atoms with van der Waals surface area (Å²) < 4.78 is 26.2. The van der Waals surface area contributed by atoms with Gasteiger partial charge in [-0.3, -0.25) is 14.5 Å². The third-order valence-electron chi connectivity index (χ3n) is 4.72. The SMILES string of the molecule is C/C=C1\CC(S(=O)(=O)c2ccc(C)cc2)C(=O)N(Cc2ccccc2)C1=O. The maximum atomic E-state index is 13.1. The van der Waals surface area contributed by atoms with Gasteiger partial charge >= 0.3 is 0 Å². The number of hydrogen-bond donors (Lipinski definition) is 0. The second-order valence-electron chi connectivity index (χ2n) is 6.58. The van der Waals surface area contributed by atoms with E-state index in [1.807, 2.05) is 25.1 Å². The highest BCUT2D eigenvalue weighted by atomic mass is 32.2. The first-order chi connectivity index (χ1) is 12.8. The number of carbonyl (C=O) groups is 2. The topological polar surface area (TPSA) is 71.5 Å². The highest BCUT2D eigenvalue weighted by molar-refractivity contribution is 7.92. The average Bonchev–Trinajstić information content (AvgIpc) is 2.66. The van der Waals surface area contributed by atoms with Gasteiger partial charge in [0.05, 0.1) is 11.4 Å². The summed E-state index contributed by atoms with van der Waals surface area (Å²) in [4.78, 5) is 26.8. The molecule has 2 aromatic rings. The first-order valence-electron chi connectivity index (χ1n) is 8.70. The van der Waals surface area contributed by atoms with Gasteiger partial charge in [-0.25, -0.2) is 8.42 Å². The Bertz CT molecular complexity index is 992. The molecule has 5 nitrogen and oxygen atoms in total. The van der Waals surface area contributed by atoms with Crippen molar-refractivity contribution in [2.24, 2.45) is 0 Å². The van der Waals surface area contributed by atoms with Crippen LogP contribution in [0.2, 0.25) is 0 Å². The van der Waals surface area contributed by atoms with Crippen LogP contribution in [0.25, 0.3) is 0 Å². The molecule has 3 rings (SSSR count). The molecule has 0 bridgehead atoms. The molecule has 2 aromatic carbocycles. The molecule has 0 aliphatic carbocycles. The number of benzene rings is 2. The van der Waals surface area contributed by atoms with Crippen LogP contribution >= 0.6 is 0 Å². The molecule has 0 N–H and O–H groups in total.